The fourth-order valence-corrected chi connectivity index (χ4v) is 2.58. The summed E-state index contributed by atoms with van der Waals surface area (Å²) < 4.78 is 6.39. The SMILES string of the molecule is CC(Oc1ccc(Cl)cc1Cl)C(=O)CC(=O)c1ccc(Br)cc1. The number of ketones is 2. The van der Waals surface area contributed by atoms with E-state index in [2.05, 4.69) is 15.9 Å². The van der Waals surface area contributed by atoms with Crippen molar-refractivity contribution >= 4 is 50.7 Å². The molecule has 6 heteroatoms. The van der Waals surface area contributed by atoms with Gasteiger partial charge in [-0.3, -0.25) is 9.59 Å². The molecule has 0 fully saturated rings. The van der Waals surface area contributed by atoms with E-state index in [1.165, 1.54) is 6.07 Å². The molecule has 23 heavy (non-hydrogen) atoms. The Morgan fingerprint density at radius 2 is 1.78 bits per heavy atom. The van der Waals surface area contributed by atoms with Crippen LogP contribution in [0.15, 0.2) is 46.9 Å². The molecule has 0 aliphatic heterocycles. The topological polar surface area (TPSA) is 43.4 Å². The quantitative estimate of drug-likeness (QED) is 0.470. The number of benzene rings is 2. The Hall–Kier alpha value is -1.36. The van der Waals surface area contributed by atoms with Crippen LogP contribution in [-0.2, 0) is 4.79 Å². The van der Waals surface area contributed by atoms with E-state index in [1.807, 2.05) is 0 Å². The summed E-state index contributed by atoms with van der Waals surface area (Å²) in [7, 11) is 0. The maximum absolute atomic E-state index is 12.2. The summed E-state index contributed by atoms with van der Waals surface area (Å²) in [6.07, 6.45) is -1.01. The molecule has 0 radical (unpaired) electrons. The second kappa shape index (κ2) is 7.95. The van der Waals surface area contributed by atoms with E-state index in [0.29, 0.717) is 21.4 Å². The maximum Gasteiger partial charge on any atom is 0.180 e. The van der Waals surface area contributed by atoms with Gasteiger partial charge in [0.2, 0.25) is 0 Å². The normalized spacial score (nSPS) is 11.8. The van der Waals surface area contributed by atoms with Crippen molar-refractivity contribution in [2.24, 2.45) is 0 Å². The van der Waals surface area contributed by atoms with Crippen LogP contribution in [0.4, 0.5) is 0 Å². The van der Waals surface area contributed by atoms with Crippen molar-refractivity contribution in [3.05, 3.63) is 62.5 Å². The number of carbonyl (C=O) groups is 2. The molecule has 2 aromatic rings. The largest absolute Gasteiger partial charge is 0.481 e. The van der Waals surface area contributed by atoms with Crippen LogP contribution in [0.1, 0.15) is 23.7 Å². The highest BCUT2D eigenvalue weighted by molar-refractivity contribution is 9.10. The molecule has 0 aliphatic carbocycles. The van der Waals surface area contributed by atoms with E-state index in [0.717, 1.165) is 4.47 Å². The molecule has 3 nitrogen and oxygen atoms in total. The minimum atomic E-state index is -0.784. The van der Waals surface area contributed by atoms with Gasteiger partial charge in [0.05, 0.1) is 11.4 Å². The fourth-order valence-electron chi connectivity index (χ4n) is 1.87. The third kappa shape index (κ3) is 5.06. The molecule has 2 rings (SSSR count). The van der Waals surface area contributed by atoms with Crippen LogP contribution >= 0.6 is 39.1 Å². The summed E-state index contributed by atoms with van der Waals surface area (Å²) in [5, 5.41) is 0.795. The van der Waals surface area contributed by atoms with Crippen LogP contribution in [0.2, 0.25) is 10.0 Å². The lowest BCUT2D eigenvalue weighted by Crippen LogP contribution is -2.26. The first kappa shape index (κ1) is 18.0. The smallest absolute Gasteiger partial charge is 0.180 e. The maximum atomic E-state index is 12.2. The Kier molecular flexibility index (Phi) is 6.22. The molecule has 1 atom stereocenters. The predicted octanol–water partition coefficient (Wildman–Crippen LogP) is 5.37. The number of hydrogen-bond acceptors (Lipinski definition) is 3. The number of Topliss-reactive ketones (excluding diaryl/α,β-unsaturated/α-hetero) is 2. The average molecular weight is 416 g/mol. The van der Waals surface area contributed by atoms with Gasteiger partial charge >= 0.3 is 0 Å². The lowest BCUT2D eigenvalue weighted by Gasteiger charge is -2.14. The van der Waals surface area contributed by atoms with E-state index >= 15 is 0 Å². The zero-order valence-electron chi connectivity index (χ0n) is 12.2. The number of ether oxygens (including phenoxy) is 1. The van der Waals surface area contributed by atoms with Crippen LogP contribution in [0, 0.1) is 0 Å². The zero-order valence-corrected chi connectivity index (χ0v) is 15.3. The molecule has 0 saturated heterocycles. The molecule has 0 aliphatic rings. The Morgan fingerprint density at radius 1 is 1.13 bits per heavy atom. The van der Waals surface area contributed by atoms with E-state index < -0.39 is 6.10 Å². The second-order valence-electron chi connectivity index (χ2n) is 4.91. The molecule has 2 aromatic carbocycles. The van der Waals surface area contributed by atoms with Crippen molar-refractivity contribution in [2.75, 3.05) is 0 Å². The van der Waals surface area contributed by atoms with Gasteiger partial charge in [-0.15, -0.1) is 0 Å². The lowest BCUT2D eigenvalue weighted by molar-refractivity contribution is -0.124. The third-order valence-corrected chi connectivity index (χ3v) is 4.21. The first-order chi connectivity index (χ1) is 10.9. The van der Waals surface area contributed by atoms with Crippen LogP contribution in [-0.4, -0.2) is 17.7 Å². The van der Waals surface area contributed by atoms with E-state index in [4.69, 9.17) is 27.9 Å². The molecule has 0 amide bonds. The van der Waals surface area contributed by atoms with Gasteiger partial charge in [0.1, 0.15) is 5.75 Å². The lowest BCUT2D eigenvalue weighted by atomic mass is 10.0. The molecular formula is C17H13BrCl2O3. The highest BCUT2D eigenvalue weighted by Gasteiger charge is 2.20. The van der Waals surface area contributed by atoms with Gasteiger partial charge in [0.25, 0.3) is 0 Å². The summed E-state index contributed by atoms with van der Waals surface area (Å²) >= 11 is 15.1. The number of hydrogen-bond donors (Lipinski definition) is 0. The minimum Gasteiger partial charge on any atom is -0.481 e. The Balaban J connectivity index is 1.99. The number of rotatable bonds is 6. The molecule has 120 valence electrons. The van der Waals surface area contributed by atoms with Crippen LogP contribution < -0.4 is 4.74 Å². The van der Waals surface area contributed by atoms with Crippen LogP contribution in [0.5, 0.6) is 5.75 Å². The molecule has 0 aromatic heterocycles. The number of carbonyl (C=O) groups excluding carboxylic acids is 2. The second-order valence-corrected chi connectivity index (χ2v) is 6.67. The van der Waals surface area contributed by atoms with Gasteiger partial charge in [-0.05, 0) is 37.3 Å². The van der Waals surface area contributed by atoms with Crippen molar-refractivity contribution in [1.29, 1.82) is 0 Å². The van der Waals surface area contributed by atoms with Crippen LogP contribution in [0.25, 0.3) is 0 Å². The number of halogens is 3. The molecule has 1 unspecified atom stereocenters. The molecule has 0 heterocycles. The standard InChI is InChI=1S/C17H13BrCl2O3/c1-10(23-17-7-6-13(19)8-14(17)20)15(21)9-16(22)11-2-4-12(18)5-3-11/h2-8,10H,9H2,1H3. The van der Waals surface area contributed by atoms with Crippen molar-refractivity contribution < 1.29 is 14.3 Å². The van der Waals surface area contributed by atoms with Gasteiger partial charge in [-0.1, -0.05) is 51.3 Å². The summed E-state index contributed by atoms with van der Waals surface area (Å²) in [6, 6.07) is 11.6. The van der Waals surface area contributed by atoms with Gasteiger partial charge < -0.3 is 4.74 Å². The van der Waals surface area contributed by atoms with E-state index in [1.54, 1.807) is 43.3 Å². The van der Waals surface area contributed by atoms with Gasteiger partial charge in [-0.25, -0.2) is 0 Å². The summed E-state index contributed by atoms with van der Waals surface area (Å²) in [4.78, 5) is 24.3. The van der Waals surface area contributed by atoms with Gasteiger partial charge in [-0.2, -0.15) is 0 Å². The predicted molar refractivity (Wildman–Crippen MR) is 94.6 cm³/mol. The van der Waals surface area contributed by atoms with E-state index in [9.17, 15) is 9.59 Å². The Labute approximate surface area is 152 Å². The molecule has 0 spiro atoms. The average Bonchev–Trinajstić information content (AvgIpc) is 2.50. The van der Waals surface area contributed by atoms with Crippen molar-refractivity contribution in [1.82, 2.24) is 0 Å². The monoisotopic (exact) mass is 414 g/mol. The molecule has 0 N–H and O–H groups in total. The van der Waals surface area contributed by atoms with Crippen molar-refractivity contribution in [3.63, 3.8) is 0 Å². The first-order valence-corrected chi connectivity index (χ1v) is 8.35. The van der Waals surface area contributed by atoms with Gasteiger partial charge in [0.15, 0.2) is 17.7 Å². The first-order valence-electron chi connectivity index (χ1n) is 6.80. The highest BCUT2D eigenvalue weighted by atomic mass is 79.9. The zero-order chi connectivity index (χ0) is 17.0. The third-order valence-electron chi connectivity index (χ3n) is 3.15. The Morgan fingerprint density at radius 3 is 2.39 bits per heavy atom. The molecule has 0 saturated carbocycles. The summed E-state index contributed by atoms with van der Waals surface area (Å²) in [5.74, 6) is -0.211. The molecule has 0 bridgehead atoms. The molecular weight excluding hydrogens is 403 g/mol. The minimum absolute atomic E-state index is 0.228. The van der Waals surface area contributed by atoms with E-state index in [-0.39, 0.29) is 18.0 Å². The Bertz CT molecular complexity index is 729. The fraction of sp³-hybridized carbons (Fsp3) is 0.176. The highest BCUT2D eigenvalue weighted by Crippen LogP contribution is 2.28. The van der Waals surface area contributed by atoms with Crippen LogP contribution in [0.3, 0.4) is 0 Å². The summed E-state index contributed by atoms with van der Waals surface area (Å²) in [6.45, 7) is 1.59. The van der Waals surface area contributed by atoms with Crippen molar-refractivity contribution in [3.8, 4) is 5.75 Å². The van der Waals surface area contributed by atoms with Gasteiger partial charge in [0, 0.05) is 15.1 Å². The van der Waals surface area contributed by atoms with Crippen molar-refractivity contribution in [2.45, 2.75) is 19.4 Å². The summed E-state index contributed by atoms with van der Waals surface area (Å²) in [5.41, 5.74) is 0.485.